The number of nitrogens with two attached hydrogens (primary N) is 1. The van der Waals surface area contributed by atoms with E-state index in [0.29, 0.717) is 11.4 Å². The number of aryl methyl sites for hydroxylation is 1. The molecule has 1 aromatic carbocycles. The van der Waals surface area contributed by atoms with Crippen LogP contribution in [0.3, 0.4) is 0 Å². The smallest absolute Gasteiger partial charge is 0.265 e. The Morgan fingerprint density at radius 3 is 2.60 bits per heavy atom. The number of benzene rings is 1. The first-order valence-electron chi connectivity index (χ1n) is 7.06. The summed E-state index contributed by atoms with van der Waals surface area (Å²) in [6, 6.07) is 8.07. The molecule has 3 N–H and O–H groups in total. The lowest BCUT2D eigenvalue weighted by atomic mass is 10.3. The first kappa shape index (κ1) is 17.2. The van der Waals surface area contributed by atoms with Gasteiger partial charge in [0.25, 0.3) is 15.9 Å². The van der Waals surface area contributed by atoms with Gasteiger partial charge in [0.05, 0.1) is 22.0 Å². The molecule has 25 heavy (non-hydrogen) atoms. The second-order valence-electron chi connectivity index (χ2n) is 5.26. The number of anilines is 1. The zero-order valence-electron chi connectivity index (χ0n) is 13.0. The van der Waals surface area contributed by atoms with Crippen molar-refractivity contribution in [2.75, 3.05) is 4.72 Å². The summed E-state index contributed by atoms with van der Waals surface area (Å²) in [7, 11) is -2.35. The molecule has 0 aliphatic heterocycles. The number of amides is 1. The van der Waals surface area contributed by atoms with Crippen molar-refractivity contribution >= 4 is 37.5 Å². The summed E-state index contributed by atoms with van der Waals surface area (Å²) in [4.78, 5) is 11.3. The molecule has 0 atom stereocenters. The number of aromatic nitrogens is 3. The minimum Gasteiger partial charge on any atom is -0.364 e. The molecule has 3 aromatic rings. The van der Waals surface area contributed by atoms with Crippen molar-refractivity contribution in [1.82, 2.24) is 14.3 Å². The van der Waals surface area contributed by atoms with Crippen LogP contribution in [0.25, 0.3) is 5.69 Å². The topological polar surface area (TPSA) is 112 Å². The number of para-hydroxylation sites is 2. The molecular formula is C15H14BrN5O3S. The summed E-state index contributed by atoms with van der Waals surface area (Å²) in [5.41, 5.74) is 6.24. The summed E-state index contributed by atoms with van der Waals surface area (Å²) >= 11 is 3.31. The Morgan fingerprint density at radius 1 is 1.28 bits per heavy atom. The number of sulfonamides is 1. The van der Waals surface area contributed by atoms with Gasteiger partial charge < -0.3 is 10.3 Å². The van der Waals surface area contributed by atoms with E-state index in [0.717, 1.165) is 4.47 Å². The van der Waals surface area contributed by atoms with Gasteiger partial charge in [0.1, 0.15) is 10.6 Å². The average molecular weight is 424 g/mol. The number of carbonyl (C=O) groups excluding carboxylic acids is 1. The molecule has 0 saturated carbocycles. The molecule has 3 rings (SSSR count). The molecule has 2 aromatic heterocycles. The van der Waals surface area contributed by atoms with Gasteiger partial charge in [0.15, 0.2) is 0 Å². The van der Waals surface area contributed by atoms with E-state index in [-0.39, 0.29) is 10.6 Å². The van der Waals surface area contributed by atoms with Gasteiger partial charge in [-0.1, -0.05) is 12.1 Å². The maximum Gasteiger partial charge on any atom is 0.265 e. The number of primary amides is 1. The predicted octanol–water partition coefficient (Wildman–Crippen LogP) is 1.87. The highest BCUT2D eigenvalue weighted by atomic mass is 79.9. The Labute approximate surface area is 152 Å². The predicted molar refractivity (Wildman–Crippen MR) is 96.0 cm³/mol. The van der Waals surface area contributed by atoms with E-state index in [4.69, 9.17) is 5.73 Å². The van der Waals surface area contributed by atoms with Crippen LogP contribution in [0, 0.1) is 0 Å². The summed E-state index contributed by atoms with van der Waals surface area (Å²) < 4.78 is 31.5. The van der Waals surface area contributed by atoms with Gasteiger partial charge in [0.2, 0.25) is 0 Å². The summed E-state index contributed by atoms with van der Waals surface area (Å²) in [6.07, 6.45) is 4.64. The molecule has 8 nitrogen and oxygen atoms in total. The molecule has 0 aliphatic carbocycles. The quantitative estimate of drug-likeness (QED) is 0.651. The van der Waals surface area contributed by atoms with Gasteiger partial charge in [-0.05, 0) is 34.1 Å². The zero-order valence-corrected chi connectivity index (χ0v) is 15.5. The second kappa shape index (κ2) is 6.37. The van der Waals surface area contributed by atoms with Gasteiger partial charge in [-0.3, -0.25) is 9.52 Å². The summed E-state index contributed by atoms with van der Waals surface area (Å²) in [6.45, 7) is 0. The van der Waals surface area contributed by atoms with E-state index in [1.807, 2.05) is 0 Å². The van der Waals surface area contributed by atoms with E-state index in [2.05, 4.69) is 25.8 Å². The third kappa shape index (κ3) is 3.44. The normalized spacial score (nSPS) is 11.4. The van der Waals surface area contributed by atoms with Crippen LogP contribution in [0.4, 0.5) is 5.69 Å². The molecule has 10 heteroatoms. The van der Waals surface area contributed by atoms with Gasteiger partial charge in [-0.25, -0.2) is 13.1 Å². The van der Waals surface area contributed by atoms with Crippen molar-refractivity contribution in [3.8, 4) is 5.69 Å². The van der Waals surface area contributed by atoms with E-state index in [1.54, 1.807) is 48.4 Å². The SMILES string of the molecule is Cn1cc(S(=O)(=O)Nc2ccccc2-n2cc(Br)cn2)cc1C(N)=O. The molecule has 0 bridgehead atoms. The molecule has 0 saturated heterocycles. The molecule has 0 radical (unpaired) electrons. The minimum atomic E-state index is -3.90. The van der Waals surface area contributed by atoms with Crippen molar-refractivity contribution < 1.29 is 13.2 Å². The van der Waals surface area contributed by atoms with Crippen molar-refractivity contribution in [3.63, 3.8) is 0 Å². The molecular weight excluding hydrogens is 410 g/mol. The van der Waals surface area contributed by atoms with Crippen molar-refractivity contribution in [3.05, 3.63) is 59.1 Å². The molecule has 2 heterocycles. The first-order valence-corrected chi connectivity index (χ1v) is 9.34. The number of carbonyl (C=O) groups is 1. The fourth-order valence-electron chi connectivity index (χ4n) is 2.32. The van der Waals surface area contributed by atoms with Crippen molar-refractivity contribution in [2.45, 2.75) is 4.90 Å². The Balaban J connectivity index is 2.00. The lowest BCUT2D eigenvalue weighted by molar-refractivity contribution is 0.0992. The highest BCUT2D eigenvalue weighted by molar-refractivity contribution is 9.10. The Hall–Kier alpha value is -2.59. The van der Waals surface area contributed by atoms with Crippen molar-refractivity contribution in [1.29, 1.82) is 0 Å². The second-order valence-corrected chi connectivity index (χ2v) is 7.86. The highest BCUT2D eigenvalue weighted by Gasteiger charge is 2.21. The number of halogens is 1. The van der Waals surface area contributed by atoms with E-state index >= 15 is 0 Å². The average Bonchev–Trinajstić information content (AvgIpc) is 3.14. The van der Waals surface area contributed by atoms with Crippen LogP contribution >= 0.6 is 15.9 Å². The van der Waals surface area contributed by atoms with Gasteiger partial charge in [-0.2, -0.15) is 5.10 Å². The van der Waals surface area contributed by atoms with Crippen LogP contribution in [-0.4, -0.2) is 28.7 Å². The lowest BCUT2D eigenvalue weighted by Gasteiger charge is -2.11. The summed E-state index contributed by atoms with van der Waals surface area (Å²) in [5, 5.41) is 4.16. The molecule has 1 amide bonds. The zero-order chi connectivity index (χ0) is 18.2. The van der Waals surface area contributed by atoms with E-state index < -0.39 is 15.9 Å². The van der Waals surface area contributed by atoms with E-state index in [1.165, 1.54) is 16.8 Å². The number of hydrogen-bond donors (Lipinski definition) is 2. The van der Waals surface area contributed by atoms with Crippen LogP contribution in [0.5, 0.6) is 0 Å². The fourth-order valence-corrected chi connectivity index (χ4v) is 3.75. The van der Waals surface area contributed by atoms with Crippen LogP contribution in [0.2, 0.25) is 0 Å². The fraction of sp³-hybridized carbons (Fsp3) is 0.0667. The number of hydrogen-bond acceptors (Lipinski definition) is 4. The number of nitrogens with zero attached hydrogens (tertiary/aromatic N) is 3. The maximum atomic E-state index is 12.7. The van der Waals surface area contributed by atoms with Crippen LogP contribution < -0.4 is 10.5 Å². The molecule has 130 valence electrons. The monoisotopic (exact) mass is 423 g/mol. The largest absolute Gasteiger partial charge is 0.364 e. The third-order valence-corrected chi connectivity index (χ3v) is 5.23. The molecule has 0 fully saturated rings. The molecule has 0 spiro atoms. The first-order chi connectivity index (χ1) is 11.8. The van der Waals surface area contributed by atoms with Gasteiger partial charge in [0, 0.05) is 19.4 Å². The van der Waals surface area contributed by atoms with Gasteiger partial charge in [-0.15, -0.1) is 0 Å². The van der Waals surface area contributed by atoms with Crippen molar-refractivity contribution in [2.24, 2.45) is 12.8 Å². The molecule has 0 unspecified atom stereocenters. The molecule has 0 aliphatic rings. The third-order valence-electron chi connectivity index (χ3n) is 3.49. The highest BCUT2D eigenvalue weighted by Crippen LogP contribution is 2.24. The van der Waals surface area contributed by atoms with Gasteiger partial charge >= 0.3 is 0 Å². The standard InChI is InChI=1S/C15H14BrN5O3S/c1-20-9-11(6-14(20)15(17)22)25(23,24)19-12-4-2-3-5-13(12)21-8-10(16)7-18-21/h2-9,19H,1H3,(H2,17,22). The van der Waals surface area contributed by atoms with Crippen LogP contribution in [0.1, 0.15) is 10.5 Å². The Bertz CT molecular complexity index is 1050. The lowest BCUT2D eigenvalue weighted by Crippen LogP contribution is -2.15. The summed E-state index contributed by atoms with van der Waals surface area (Å²) in [5.74, 6) is -0.703. The van der Waals surface area contributed by atoms with Crippen LogP contribution in [-0.2, 0) is 17.1 Å². The Kier molecular flexibility index (Phi) is 4.39. The number of rotatable bonds is 5. The van der Waals surface area contributed by atoms with Crippen LogP contribution in [0.15, 0.2) is 58.3 Å². The maximum absolute atomic E-state index is 12.7. The Morgan fingerprint density at radius 2 is 2.00 bits per heavy atom. The minimum absolute atomic E-state index is 0.0553. The van der Waals surface area contributed by atoms with E-state index in [9.17, 15) is 13.2 Å². The number of nitrogens with one attached hydrogen (secondary N) is 1.